The van der Waals surface area contributed by atoms with Crippen molar-refractivity contribution in [1.29, 1.82) is 0 Å². The van der Waals surface area contributed by atoms with Crippen molar-refractivity contribution in [2.75, 3.05) is 0 Å². The fraction of sp³-hybridized carbons (Fsp3) is 0.600. The average molecular weight is 218 g/mol. The Labute approximate surface area is 98.5 Å². The van der Waals surface area contributed by atoms with Gasteiger partial charge in [-0.1, -0.05) is 50.6 Å². The van der Waals surface area contributed by atoms with Crippen molar-refractivity contribution < 1.29 is 5.11 Å². The molecule has 1 N–H and O–H groups in total. The molecular weight excluding hydrogens is 196 g/mol. The van der Waals surface area contributed by atoms with Gasteiger partial charge in [0.05, 0.1) is 6.10 Å². The van der Waals surface area contributed by atoms with Crippen LogP contribution in [0, 0.1) is 12.3 Å². The summed E-state index contributed by atoms with van der Waals surface area (Å²) in [6.07, 6.45) is 1.63. The highest BCUT2D eigenvalue weighted by Gasteiger charge is 2.49. The van der Waals surface area contributed by atoms with E-state index >= 15 is 0 Å². The summed E-state index contributed by atoms with van der Waals surface area (Å²) < 4.78 is 0. The maximum Gasteiger partial charge on any atom is 0.0554 e. The molecule has 1 aliphatic rings. The zero-order valence-corrected chi connectivity index (χ0v) is 10.7. The minimum atomic E-state index is -0.152. The van der Waals surface area contributed by atoms with Crippen molar-refractivity contribution in [1.82, 2.24) is 0 Å². The second-order valence-electron chi connectivity index (χ2n) is 6.14. The first-order chi connectivity index (χ1) is 7.35. The van der Waals surface area contributed by atoms with Crippen LogP contribution in [0.4, 0.5) is 0 Å². The highest BCUT2D eigenvalue weighted by atomic mass is 16.3. The predicted octanol–water partition coefficient (Wildman–Crippen LogP) is 3.43. The van der Waals surface area contributed by atoms with Gasteiger partial charge in [0.15, 0.2) is 0 Å². The molecule has 0 aromatic heterocycles. The number of hydrogen-bond acceptors (Lipinski definition) is 1. The van der Waals surface area contributed by atoms with Crippen molar-refractivity contribution in [3.8, 4) is 0 Å². The SMILES string of the molecule is Cc1ccc(C2(C)CC(O)CC2(C)C)cc1. The van der Waals surface area contributed by atoms with Crippen LogP contribution in [0.1, 0.15) is 44.7 Å². The van der Waals surface area contributed by atoms with Crippen LogP contribution in [0.25, 0.3) is 0 Å². The molecule has 0 amide bonds. The van der Waals surface area contributed by atoms with E-state index < -0.39 is 0 Å². The molecule has 0 aliphatic heterocycles. The number of rotatable bonds is 1. The molecule has 0 heterocycles. The van der Waals surface area contributed by atoms with Crippen molar-refractivity contribution >= 4 is 0 Å². The highest BCUT2D eigenvalue weighted by molar-refractivity contribution is 5.32. The molecule has 1 nitrogen and oxygen atoms in total. The van der Waals surface area contributed by atoms with Crippen LogP contribution < -0.4 is 0 Å². The summed E-state index contributed by atoms with van der Waals surface area (Å²) in [6, 6.07) is 8.77. The standard InChI is InChI=1S/C15H22O/c1-11-5-7-12(8-6-11)15(4)10-13(16)9-14(15,2)3/h5-8,13,16H,9-10H2,1-4H3. The van der Waals surface area contributed by atoms with Crippen LogP contribution >= 0.6 is 0 Å². The Hall–Kier alpha value is -0.820. The third-order valence-electron chi connectivity index (χ3n) is 4.57. The number of hydrogen-bond donors (Lipinski definition) is 1. The number of aliphatic hydroxyl groups is 1. The summed E-state index contributed by atoms with van der Waals surface area (Å²) in [5.41, 5.74) is 2.92. The van der Waals surface area contributed by atoms with Gasteiger partial charge < -0.3 is 5.11 Å². The van der Waals surface area contributed by atoms with Crippen molar-refractivity contribution in [2.24, 2.45) is 5.41 Å². The maximum absolute atomic E-state index is 9.92. The lowest BCUT2D eigenvalue weighted by molar-refractivity contribution is 0.168. The molecule has 1 aliphatic carbocycles. The molecule has 1 saturated carbocycles. The van der Waals surface area contributed by atoms with Gasteiger partial charge in [0, 0.05) is 5.41 Å². The van der Waals surface area contributed by atoms with Gasteiger partial charge in [-0.15, -0.1) is 0 Å². The lowest BCUT2D eigenvalue weighted by Gasteiger charge is -2.38. The molecular formula is C15H22O. The summed E-state index contributed by atoms with van der Waals surface area (Å²) in [7, 11) is 0. The molecule has 88 valence electrons. The molecule has 2 unspecified atom stereocenters. The van der Waals surface area contributed by atoms with Crippen LogP contribution in [0.2, 0.25) is 0 Å². The summed E-state index contributed by atoms with van der Waals surface area (Å²) in [5.74, 6) is 0. The van der Waals surface area contributed by atoms with Crippen LogP contribution in [-0.2, 0) is 5.41 Å². The molecule has 1 aromatic rings. The van der Waals surface area contributed by atoms with Gasteiger partial charge in [-0.25, -0.2) is 0 Å². The minimum Gasteiger partial charge on any atom is -0.393 e. The fourth-order valence-corrected chi connectivity index (χ4v) is 3.06. The van der Waals surface area contributed by atoms with E-state index in [9.17, 15) is 5.11 Å². The molecule has 1 heteroatoms. The van der Waals surface area contributed by atoms with Crippen molar-refractivity contribution in [2.45, 2.75) is 52.1 Å². The van der Waals surface area contributed by atoms with E-state index in [4.69, 9.17) is 0 Å². The summed E-state index contributed by atoms with van der Waals surface area (Å²) >= 11 is 0. The van der Waals surface area contributed by atoms with Gasteiger partial charge in [0.1, 0.15) is 0 Å². The third-order valence-corrected chi connectivity index (χ3v) is 4.57. The van der Waals surface area contributed by atoms with E-state index in [1.54, 1.807) is 0 Å². The van der Waals surface area contributed by atoms with Crippen LogP contribution in [0.5, 0.6) is 0 Å². The van der Waals surface area contributed by atoms with Gasteiger partial charge in [-0.3, -0.25) is 0 Å². The van der Waals surface area contributed by atoms with Gasteiger partial charge in [-0.2, -0.15) is 0 Å². The Morgan fingerprint density at radius 3 is 2.06 bits per heavy atom. The van der Waals surface area contributed by atoms with E-state index in [1.807, 2.05) is 0 Å². The number of aliphatic hydroxyl groups excluding tert-OH is 1. The zero-order chi connectivity index (χ0) is 12.0. The van der Waals surface area contributed by atoms with E-state index in [0.717, 1.165) is 12.8 Å². The lowest BCUT2D eigenvalue weighted by Crippen LogP contribution is -2.33. The van der Waals surface area contributed by atoms with E-state index in [1.165, 1.54) is 11.1 Å². The van der Waals surface area contributed by atoms with Crippen LogP contribution in [0.15, 0.2) is 24.3 Å². The maximum atomic E-state index is 9.92. The van der Waals surface area contributed by atoms with Crippen molar-refractivity contribution in [3.63, 3.8) is 0 Å². The Kier molecular flexibility index (Phi) is 2.62. The smallest absolute Gasteiger partial charge is 0.0554 e. The Morgan fingerprint density at radius 2 is 1.62 bits per heavy atom. The van der Waals surface area contributed by atoms with Crippen LogP contribution in [0.3, 0.4) is 0 Å². The molecule has 1 aromatic carbocycles. The Morgan fingerprint density at radius 1 is 1.06 bits per heavy atom. The van der Waals surface area contributed by atoms with Gasteiger partial charge >= 0.3 is 0 Å². The first-order valence-corrected chi connectivity index (χ1v) is 6.10. The molecule has 0 radical (unpaired) electrons. The number of benzene rings is 1. The second kappa shape index (κ2) is 3.59. The second-order valence-corrected chi connectivity index (χ2v) is 6.14. The zero-order valence-electron chi connectivity index (χ0n) is 10.7. The summed E-state index contributed by atoms with van der Waals surface area (Å²) in [5, 5.41) is 9.92. The first-order valence-electron chi connectivity index (χ1n) is 6.10. The van der Waals surface area contributed by atoms with E-state index in [0.29, 0.717) is 0 Å². The molecule has 2 atom stereocenters. The lowest BCUT2D eigenvalue weighted by atomic mass is 9.65. The minimum absolute atomic E-state index is 0.0973. The average Bonchev–Trinajstić information content (AvgIpc) is 2.37. The molecule has 0 spiro atoms. The van der Waals surface area contributed by atoms with Crippen LogP contribution in [-0.4, -0.2) is 11.2 Å². The molecule has 0 bridgehead atoms. The van der Waals surface area contributed by atoms with Gasteiger partial charge in [-0.05, 0) is 30.7 Å². The normalized spacial score (nSPS) is 32.9. The van der Waals surface area contributed by atoms with Gasteiger partial charge in [0.2, 0.25) is 0 Å². The Bertz CT molecular complexity index is 377. The fourth-order valence-electron chi connectivity index (χ4n) is 3.06. The first kappa shape index (κ1) is 11.7. The summed E-state index contributed by atoms with van der Waals surface area (Å²) in [4.78, 5) is 0. The van der Waals surface area contributed by atoms with Gasteiger partial charge in [0.25, 0.3) is 0 Å². The Balaban J connectivity index is 2.42. The highest BCUT2D eigenvalue weighted by Crippen LogP contribution is 2.53. The quantitative estimate of drug-likeness (QED) is 0.765. The largest absolute Gasteiger partial charge is 0.393 e. The molecule has 1 fully saturated rings. The van der Waals surface area contributed by atoms with E-state index in [2.05, 4.69) is 52.0 Å². The van der Waals surface area contributed by atoms with E-state index in [-0.39, 0.29) is 16.9 Å². The molecule has 2 rings (SSSR count). The topological polar surface area (TPSA) is 20.2 Å². The third kappa shape index (κ3) is 1.67. The number of aryl methyl sites for hydroxylation is 1. The monoisotopic (exact) mass is 218 g/mol. The molecule has 0 saturated heterocycles. The summed E-state index contributed by atoms with van der Waals surface area (Å²) in [6.45, 7) is 8.93. The molecule has 16 heavy (non-hydrogen) atoms. The van der Waals surface area contributed by atoms with Crippen molar-refractivity contribution in [3.05, 3.63) is 35.4 Å². The predicted molar refractivity (Wildman–Crippen MR) is 67.6 cm³/mol.